The van der Waals surface area contributed by atoms with E-state index in [2.05, 4.69) is 4.99 Å². The quantitative estimate of drug-likeness (QED) is 0.378. The Kier molecular flexibility index (Phi) is 5.65. The zero-order valence-corrected chi connectivity index (χ0v) is 16.7. The first-order chi connectivity index (χ1) is 14.1. The molecule has 0 radical (unpaired) electrons. The number of esters is 1. The molecule has 4 rings (SSSR count). The van der Waals surface area contributed by atoms with E-state index in [0.29, 0.717) is 28.0 Å². The molecule has 0 saturated carbocycles. The van der Waals surface area contributed by atoms with Crippen molar-refractivity contribution >= 4 is 41.1 Å². The molecule has 0 bridgehead atoms. The Hall–Kier alpha value is -3.08. The molecule has 144 valence electrons. The van der Waals surface area contributed by atoms with E-state index >= 15 is 0 Å². The summed E-state index contributed by atoms with van der Waals surface area (Å²) >= 11 is 12.0. The van der Waals surface area contributed by atoms with Gasteiger partial charge in [-0.25, -0.2) is 9.79 Å². The largest absolute Gasteiger partial charge is 0.489 e. The fourth-order valence-electron chi connectivity index (χ4n) is 2.75. The highest BCUT2D eigenvalue weighted by Crippen LogP contribution is 2.26. The van der Waals surface area contributed by atoms with Crippen LogP contribution in [0.2, 0.25) is 10.0 Å². The average molecular weight is 424 g/mol. The number of halogens is 2. The molecule has 0 aliphatic carbocycles. The predicted octanol–water partition coefficient (Wildman–Crippen LogP) is 5.92. The summed E-state index contributed by atoms with van der Waals surface area (Å²) in [7, 11) is 0. The molecule has 0 unspecified atom stereocenters. The van der Waals surface area contributed by atoms with Crippen LogP contribution in [0.1, 0.15) is 16.7 Å². The molecule has 1 aliphatic heterocycles. The van der Waals surface area contributed by atoms with Crippen LogP contribution in [0.3, 0.4) is 0 Å². The molecule has 1 aliphatic rings. The Labute approximate surface area is 178 Å². The van der Waals surface area contributed by atoms with Crippen LogP contribution in [-0.4, -0.2) is 11.9 Å². The van der Waals surface area contributed by atoms with Crippen LogP contribution in [0, 0.1) is 0 Å². The van der Waals surface area contributed by atoms with Crippen LogP contribution in [-0.2, 0) is 16.1 Å². The highest BCUT2D eigenvalue weighted by molar-refractivity contribution is 6.42. The number of benzene rings is 3. The molecule has 3 aromatic rings. The number of aliphatic imine (C=N–C) groups is 1. The predicted molar refractivity (Wildman–Crippen MR) is 114 cm³/mol. The van der Waals surface area contributed by atoms with E-state index in [1.54, 1.807) is 24.3 Å². The van der Waals surface area contributed by atoms with Crippen LogP contribution in [0.5, 0.6) is 5.75 Å². The van der Waals surface area contributed by atoms with Crippen molar-refractivity contribution in [1.29, 1.82) is 0 Å². The molecule has 0 saturated heterocycles. The minimum atomic E-state index is -0.526. The lowest BCUT2D eigenvalue weighted by molar-refractivity contribution is -0.129. The fraction of sp³-hybridized carbons (Fsp3) is 0.0435. The van der Waals surface area contributed by atoms with Crippen molar-refractivity contribution in [3.8, 4) is 5.75 Å². The third-order valence-corrected chi connectivity index (χ3v) is 4.94. The van der Waals surface area contributed by atoms with Crippen LogP contribution in [0.15, 0.2) is 83.5 Å². The van der Waals surface area contributed by atoms with Crippen LogP contribution in [0.4, 0.5) is 0 Å². The number of rotatable bonds is 5. The molecule has 6 heteroatoms. The lowest BCUT2D eigenvalue weighted by Gasteiger charge is -2.07. The maximum Gasteiger partial charge on any atom is 0.363 e. The van der Waals surface area contributed by atoms with Gasteiger partial charge in [-0.05, 0) is 47.5 Å². The van der Waals surface area contributed by atoms with Crippen molar-refractivity contribution in [1.82, 2.24) is 0 Å². The highest BCUT2D eigenvalue weighted by atomic mass is 35.5. The third-order valence-electron chi connectivity index (χ3n) is 4.20. The van der Waals surface area contributed by atoms with E-state index in [1.807, 2.05) is 54.6 Å². The Morgan fingerprint density at radius 1 is 0.931 bits per heavy atom. The van der Waals surface area contributed by atoms with E-state index in [0.717, 1.165) is 11.1 Å². The summed E-state index contributed by atoms with van der Waals surface area (Å²) in [5.74, 6) is 0.362. The first kappa shape index (κ1) is 19.2. The van der Waals surface area contributed by atoms with E-state index in [-0.39, 0.29) is 11.6 Å². The minimum absolute atomic E-state index is 0.191. The minimum Gasteiger partial charge on any atom is -0.489 e. The summed E-state index contributed by atoms with van der Waals surface area (Å²) in [6.07, 6.45) is 1.65. The smallest absolute Gasteiger partial charge is 0.363 e. The maximum atomic E-state index is 12.2. The standard InChI is InChI=1S/C23H15Cl2NO3/c24-19-10-9-17(13-20(19)25)22-26-21(23(27)29-22)12-16-7-4-8-18(11-16)28-14-15-5-2-1-3-6-15/h1-13H,14H2/b21-12-. The second-order valence-corrected chi connectivity index (χ2v) is 7.13. The van der Waals surface area contributed by atoms with Crippen molar-refractivity contribution < 1.29 is 14.3 Å². The summed E-state index contributed by atoms with van der Waals surface area (Å²) in [4.78, 5) is 16.5. The second-order valence-electron chi connectivity index (χ2n) is 6.31. The summed E-state index contributed by atoms with van der Waals surface area (Å²) < 4.78 is 11.1. The number of hydrogen-bond acceptors (Lipinski definition) is 4. The van der Waals surface area contributed by atoms with Gasteiger partial charge in [0.25, 0.3) is 0 Å². The van der Waals surface area contributed by atoms with Crippen molar-refractivity contribution in [2.24, 2.45) is 4.99 Å². The second kappa shape index (κ2) is 8.52. The van der Waals surface area contributed by atoms with Crippen molar-refractivity contribution in [3.05, 3.63) is 105 Å². The van der Waals surface area contributed by atoms with E-state index in [1.165, 1.54) is 0 Å². The zero-order valence-electron chi connectivity index (χ0n) is 15.1. The van der Waals surface area contributed by atoms with Gasteiger partial charge in [-0.15, -0.1) is 0 Å². The van der Waals surface area contributed by atoms with Gasteiger partial charge in [0, 0.05) is 5.56 Å². The molecule has 0 aromatic heterocycles. The zero-order chi connectivity index (χ0) is 20.2. The number of ether oxygens (including phenoxy) is 2. The van der Waals surface area contributed by atoms with Crippen molar-refractivity contribution in [2.75, 3.05) is 0 Å². The molecular weight excluding hydrogens is 409 g/mol. The maximum absolute atomic E-state index is 12.2. The van der Waals surface area contributed by atoms with Gasteiger partial charge >= 0.3 is 5.97 Å². The van der Waals surface area contributed by atoms with E-state index in [4.69, 9.17) is 32.7 Å². The number of nitrogens with zero attached hydrogens (tertiary/aromatic N) is 1. The van der Waals surface area contributed by atoms with E-state index < -0.39 is 5.97 Å². The molecule has 3 aromatic carbocycles. The monoisotopic (exact) mass is 423 g/mol. The molecule has 0 atom stereocenters. The van der Waals surface area contributed by atoms with Gasteiger partial charge in [0.05, 0.1) is 10.0 Å². The van der Waals surface area contributed by atoms with Gasteiger partial charge in [0.2, 0.25) is 5.90 Å². The third kappa shape index (κ3) is 4.67. The SMILES string of the molecule is O=C1OC(c2ccc(Cl)c(Cl)c2)=N/C1=C\c1cccc(OCc2ccccc2)c1. The first-order valence-electron chi connectivity index (χ1n) is 8.83. The fourth-order valence-corrected chi connectivity index (χ4v) is 3.05. The molecule has 0 spiro atoms. The average Bonchev–Trinajstić information content (AvgIpc) is 3.10. The van der Waals surface area contributed by atoms with Gasteiger partial charge in [-0.2, -0.15) is 0 Å². The molecule has 0 amide bonds. The Morgan fingerprint density at radius 3 is 2.55 bits per heavy atom. The molecule has 0 N–H and O–H groups in total. The van der Waals surface area contributed by atoms with E-state index in [9.17, 15) is 4.79 Å². The Bertz CT molecular complexity index is 1120. The van der Waals surface area contributed by atoms with Crippen LogP contribution >= 0.6 is 23.2 Å². The van der Waals surface area contributed by atoms with Gasteiger partial charge in [0.15, 0.2) is 5.70 Å². The number of hydrogen-bond donors (Lipinski definition) is 0. The molecule has 1 heterocycles. The van der Waals surface area contributed by atoms with Gasteiger partial charge in [-0.3, -0.25) is 0 Å². The Morgan fingerprint density at radius 2 is 1.76 bits per heavy atom. The lowest BCUT2D eigenvalue weighted by atomic mass is 10.2. The van der Waals surface area contributed by atoms with Crippen molar-refractivity contribution in [3.63, 3.8) is 0 Å². The topological polar surface area (TPSA) is 47.9 Å². The highest BCUT2D eigenvalue weighted by Gasteiger charge is 2.24. The molecule has 29 heavy (non-hydrogen) atoms. The summed E-state index contributed by atoms with van der Waals surface area (Å²) in [5, 5.41) is 0.784. The summed E-state index contributed by atoms with van der Waals surface area (Å²) in [6.45, 7) is 0.461. The van der Waals surface area contributed by atoms with Gasteiger partial charge in [-0.1, -0.05) is 65.7 Å². The van der Waals surface area contributed by atoms with Gasteiger partial charge < -0.3 is 9.47 Å². The van der Waals surface area contributed by atoms with Crippen molar-refractivity contribution in [2.45, 2.75) is 6.61 Å². The summed E-state index contributed by atoms with van der Waals surface area (Å²) in [6, 6.07) is 22.3. The van der Waals surface area contributed by atoms with Gasteiger partial charge in [0.1, 0.15) is 12.4 Å². The summed E-state index contributed by atoms with van der Waals surface area (Å²) in [5.41, 5.74) is 2.63. The number of carbonyl (C=O) groups is 1. The molecular formula is C23H15Cl2NO3. The van der Waals surface area contributed by atoms with Crippen LogP contribution in [0.25, 0.3) is 6.08 Å². The Balaban J connectivity index is 1.53. The number of carbonyl (C=O) groups excluding carboxylic acids is 1. The molecule has 0 fully saturated rings. The molecule has 4 nitrogen and oxygen atoms in total. The van der Waals surface area contributed by atoms with Crippen LogP contribution < -0.4 is 4.74 Å². The first-order valence-corrected chi connectivity index (χ1v) is 9.59. The lowest BCUT2D eigenvalue weighted by Crippen LogP contribution is -2.05. The normalized spacial score (nSPS) is 14.6. The number of cyclic esters (lactones) is 1.